The third-order valence-corrected chi connectivity index (χ3v) is 8.88. The Morgan fingerprint density at radius 2 is 1.70 bits per heavy atom. The summed E-state index contributed by atoms with van der Waals surface area (Å²) in [7, 11) is 0. The molecule has 4 aliphatic heterocycles. The van der Waals surface area contributed by atoms with E-state index in [9.17, 15) is 33.1 Å². The number of fused-ring (bicyclic) bond motifs is 1. The maximum atomic E-state index is 15.7. The normalized spacial score (nSPS) is 26.5. The number of ketones is 1. The molecule has 16 heteroatoms. The zero-order valence-corrected chi connectivity index (χ0v) is 25.2. The van der Waals surface area contributed by atoms with E-state index in [1.54, 1.807) is 21.9 Å². The minimum Gasteiger partial charge on any atom is -0.478 e. The van der Waals surface area contributed by atoms with Gasteiger partial charge in [-0.2, -0.15) is 0 Å². The fraction of sp³-hybridized carbons (Fsp3) is 0.419. The highest BCUT2D eigenvalue weighted by Crippen LogP contribution is 2.37. The van der Waals surface area contributed by atoms with Crippen LogP contribution in [0.15, 0.2) is 48.2 Å². The molecule has 0 aromatic heterocycles. The molecule has 5 atom stereocenters. The number of aliphatic carboxylic acids is 1. The molecule has 250 valence electrons. The lowest BCUT2D eigenvalue weighted by Gasteiger charge is -2.50. The van der Waals surface area contributed by atoms with Crippen LogP contribution in [0.2, 0.25) is 0 Å². The largest absolute Gasteiger partial charge is 0.478 e. The highest BCUT2D eigenvalue weighted by molar-refractivity contribution is 6.18. The molecule has 0 radical (unpaired) electrons. The molecule has 0 spiro atoms. The lowest BCUT2D eigenvalue weighted by molar-refractivity contribution is -0.136. The SMILES string of the molecule is CC(=O)NC[C@H]1CN(c2ccc(N3CCN(C4NC5C(CC4F)C(=O)C(C(=O)O)=CN5c4ccc(F)cc4F)CC3)c(F)c2)C(=O)O1. The Labute approximate surface area is 266 Å². The van der Waals surface area contributed by atoms with Gasteiger partial charge in [-0.25, -0.2) is 27.2 Å². The summed E-state index contributed by atoms with van der Waals surface area (Å²) in [5.41, 5.74) is -0.224. The van der Waals surface area contributed by atoms with Gasteiger partial charge in [0.1, 0.15) is 35.3 Å². The van der Waals surface area contributed by atoms with Crippen molar-refractivity contribution in [3.05, 3.63) is 65.6 Å². The molecule has 4 unspecified atom stereocenters. The minimum absolute atomic E-state index is 0.136. The maximum Gasteiger partial charge on any atom is 0.414 e. The zero-order chi connectivity index (χ0) is 33.6. The first-order valence-electron chi connectivity index (χ1n) is 15.0. The van der Waals surface area contributed by atoms with Crippen LogP contribution in [0, 0.1) is 23.4 Å². The van der Waals surface area contributed by atoms with Crippen LogP contribution in [-0.4, -0.2) is 97.6 Å². The molecule has 2 aromatic rings. The molecule has 6 rings (SSSR count). The second-order valence-corrected chi connectivity index (χ2v) is 11.8. The summed E-state index contributed by atoms with van der Waals surface area (Å²) < 4.78 is 64.8. The predicted octanol–water partition coefficient (Wildman–Crippen LogP) is 2.34. The van der Waals surface area contributed by atoms with Crippen molar-refractivity contribution in [2.75, 3.05) is 54.0 Å². The number of benzene rings is 2. The number of carbonyl (C=O) groups is 4. The first-order valence-corrected chi connectivity index (χ1v) is 15.0. The average molecular weight is 661 g/mol. The highest BCUT2D eigenvalue weighted by atomic mass is 19.1. The number of piperidine rings is 1. The quantitative estimate of drug-likeness (QED) is 0.300. The Kier molecular flexibility index (Phi) is 8.80. The molecule has 3 N–H and O–H groups in total. The number of rotatable bonds is 7. The number of amides is 2. The number of hydrogen-bond donors (Lipinski definition) is 3. The topological polar surface area (TPSA) is 135 Å². The van der Waals surface area contributed by atoms with Gasteiger partial charge in [-0.1, -0.05) is 0 Å². The van der Waals surface area contributed by atoms with Crippen molar-refractivity contribution in [1.29, 1.82) is 0 Å². The van der Waals surface area contributed by atoms with Crippen LogP contribution in [0.5, 0.6) is 0 Å². The average Bonchev–Trinajstić information content (AvgIpc) is 3.41. The fourth-order valence-electron chi connectivity index (χ4n) is 6.57. The number of carbonyl (C=O) groups excluding carboxylic acids is 3. The van der Waals surface area contributed by atoms with E-state index >= 15 is 8.78 Å². The van der Waals surface area contributed by atoms with E-state index in [2.05, 4.69) is 10.6 Å². The van der Waals surface area contributed by atoms with Crippen molar-refractivity contribution in [3.8, 4) is 0 Å². The molecule has 0 saturated carbocycles. The Morgan fingerprint density at radius 3 is 2.36 bits per heavy atom. The number of carboxylic acids is 1. The van der Waals surface area contributed by atoms with Crippen LogP contribution in [0.1, 0.15) is 13.3 Å². The van der Waals surface area contributed by atoms with Gasteiger partial charge in [0.05, 0.1) is 48.4 Å². The standard InChI is InChI=1S/C31H32F4N6O6/c1-16(42)36-13-19-14-40(31(46)47-19)18-3-5-25(23(34)11-18)38-6-8-39(9-7-38)29-24(35)12-20-27(43)21(30(44)45)15-41(28(20)37-29)26-4-2-17(32)10-22(26)33/h2-5,10-11,15,19-20,24,28-29,37H,6-9,12-14H2,1H3,(H,36,42)(H,44,45)/t19-,20?,24?,28?,29?/m0/s1. The van der Waals surface area contributed by atoms with Crippen molar-refractivity contribution in [3.63, 3.8) is 0 Å². The number of nitrogens with one attached hydrogen (secondary N) is 2. The number of ether oxygens (including phenoxy) is 1. The smallest absolute Gasteiger partial charge is 0.414 e. The van der Waals surface area contributed by atoms with E-state index in [1.165, 1.54) is 22.8 Å². The molecule has 4 aliphatic rings. The third kappa shape index (κ3) is 6.34. The minimum atomic E-state index is -1.59. The summed E-state index contributed by atoms with van der Waals surface area (Å²) in [6, 6.07) is 7.14. The van der Waals surface area contributed by atoms with E-state index in [1.807, 2.05) is 0 Å². The Hall–Kier alpha value is -4.70. The van der Waals surface area contributed by atoms with Crippen LogP contribution in [0.4, 0.5) is 39.4 Å². The van der Waals surface area contributed by atoms with Gasteiger partial charge in [0.2, 0.25) is 5.91 Å². The fourth-order valence-corrected chi connectivity index (χ4v) is 6.57. The summed E-state index contributed by atoms with van der Waals surface area (Å²) in [4.78, 5) is 54.4. The van der Waals surface area contributed by atoms with Crippen molar-refractivity contribution in [1.82, 2.24) is 15.5 Å². The molecule has 4 heterocycles. The van der Waals surface area contributed by atoms with Crippen LogP contribution >= 0.6 is 0 Å². The van der Waals surface area contributed by atoms with Crippen molar-refractivity contribution in [2.45, 2.75) is 38.0 Å². The number of Topliss-reactive ketones (excluding diaryl/α,β-unsaturated/α-hetero) is 1. The monoisotopic (exact) mass is 660 g/mol. The summed E-state index contributed by atoms with van der Waals surface area (Å²) >= 11 is 0. The summed E-state index contributed by atoms with van der Waals surface area (Å²) in [6.45, 7) is 2.80. The summed E-state index contributed by atoms with van der Waals surface area (Å²) in [6.07, 6.45) is -4.11. The first kappa shape index (κ1) is 32.2. The zero-order valence-electron chi connectivity index (χ0n) is 25.2. The van der Waals surface area contributed by atoms with E-state index in [-0.39, 0.29) is 49.9 Å². The number of carboxylic acid groups (broad SMARTS) is 1. The molecule has 2 aromatic carbocycles. The number of alkyl halides is 1. The van der Waals surface area contributed by atoms with Crippen molar-refractivity contribution in [2.24, 2.45) is 5.92 Å². The summed E-state index contributed by atoms with van der Waals surface area (Å²) in [5, 5.41) is 15.3. The molecular weight excluding hydrogens is 628 g/mol. The number of piperazine rings is 1. The van der Waals surface area contributed by atoms with Crippen LogP contribution < -0.4 is 25.3 Å². The van der Waals surface area contributed by atoms with Gasteiger partial charge in [-0.05, 0) is 36.8 Å². The van der Waals surface area contributed by atoms with Crippen LogP contribution in [0.25, 0.3) is 0 Å². The molecule has 0 bridgehead atoms. The van der Waals surface area contributed by atoms with Gasteiger partial charge < -0.3 is 25.0 Å². The number of hydrogen-bond acceptors (Lipinski definition) is 9. The molecule has 3 saturated heterocycles. The number of anilines is 3. The molecule has 2 amide bonds. The van der Waals surface area contributed by atoms with Gasteiger partial charge in [-0.15, -0.1) is 0 Å². The second-order valence-electron chi connectivity index (χ2n) is 11.8. The summed E-state index contributed by atoms with van der Waals surface area (Å²) in [5.74, 6) is -6.14. The number of nitrogens with zero attached hydrogens (tertiary/aromatic N) is 4. The van der Waals surface area contributed by atoms with E-state index < -0.39 is 71.4 Å². The van der Waals surface area contributed by atoms with Gasteiger partial charge >= 0.3 is 12.1 Å². The Bertz CT molecular complexity index is 1640. The molecule has 0 aliphatic carbocycles. The highest BCUT2D eigenvalue weighted by Gasteiger charge is 2.49. The van der Waals surface area contributed by atoms with Gasteiger partial charge in [0, 0.05) is 45.4 Å². The lowest BCUT2D eigenvalue weighted by Crippen LogP contribution is -2.69. The lowest BCUT2D eigenvalue weighted by atomic mass is 9.82. The molecule has 47 heavy (non-hydrogen) atoms. The van der Waals surface area contributed by atoms with Gasteiger partial charge in [-0.3, -0.25) is 24.7 Å². The van der Waals surface area contributed by atoms with E-state index in [0.29, 0.717) is 24.8 Å². The Morgan fingerprint density at radius 1 is 1.00 bits per heavy atom. The number of halogens is 4. The van der Waals surface area contributed by atoms with E-state index in [0.717, 1.165) is 18.3 Å². The first-order chi connectivity index (χ1) is 22.4. The van der Waals surface area contributed by atoms with Crippen LogP contribution in [-0.2, 0) is 19.1 Å². The van der Waals surface area contributed by atoms with Gasteiger partial charge in [0.25, 0.3) is 0 Å². The second kappa shape index (κ2) is 12.8. The van der Waals surface area contributed by atoms with E-state index in [4.69, 9.17) is 4.74 Å². The van der Waals surface area contributed by atoms with Crippen molar-refractivity contribution >= 4 is 40.8 Å². The van der Waals surface area contributed by atoms with Gasteiger partial charge in [0.15, 0.2) is 5.78 Å². The molecule has 12 nitrogen and oxygen atoms in total. The number of cyclic esters (lactones) is 1. The maximum absolute atomic E-state index is 15.7. The predicted molar refractivity (Wildman–Crippen MR) is 160 cm³/mol. The molecular formula is C31H32F4N6O6. The Balaban J connectivity index is 1.14. The molecule has 3 fully saturated rings. The van der Waals surface area contributed by atoms with Crippen molar-refractivity contribution < 1.29 is 46.6 Å². The third-order valence-electron chi connectivity index (χ3n) is 8.88. The van der Waals surface area contributed by atoms with Crippen LogP contribution in [0.3, 0.4) is 0 Å².